The van der Waals surface area contributed by atoms with Gasteiger partial charge in [0.1, 0.15) is 5.69 Å². The van der Waals surface area contributed by atoms with E-state index in [1.165, 1.54) is 12.0 Å². The maximum absolute atomic E-state index is 5.53. The molecule has 1 N–H and O–H groups in total. The van der Waals surface area contributed by atoms with Gasteiger partial charge in [0.05, 0.1) is 0 Å². The molecule has 1 aromatic carbocycles. The van der Waals surface area contributed by atoms with Crippen LogP contribution < -0.4 is 5.32 Å². The maximum Gasteiger partial charge on any atom is 0.181 e. The number of rotatable bonds is 6. The third-order valence-corrected chi connectivity index (χ3v) is 3.20. The van der Waals surface area contributed by atoms with E-state index in [9.17, 15) is 0 Å². The Morgan fingerprint density at radius 2 is 1.95 bits per heavy atom. The van der Waals surface area contributed by atoms with Crippen molar-refractivity contribution >= 4 is 0 Å². The zero-order valence-corrected chi connectivity index (χ0v) is 11.9. The molecule has 0 fully saturated rings. The van der Waals surface area contributed by atoms with E-state index >= 15 is 0 Å². The van der Waals surface area contributed by atoms with E-state index in [0.717, 1.165) is 36.5 Å². The first-order valence-electron chi connectivity index (χ1n) is 6.95. The van der Waals surface area contributed by atoms with Crippen molar-refractivity contribution < 1.29 is 4.42 Å². The van der Waals surface area contributed by atoms with Gasteiger partial charge in [-0.2, -0.15) is 0 Å². The standard InChI is InChI=1S/C16H22N2O/c1-4-9-17-10-15-16(19-11-18-15)14-7-5-13(6-8-14)12(2)3/h5-8,11-12,17H,4,9-10H2,1-3H3. The van der Waals surface area contributed by atoms with Crippen molar-refractivity contribution in [1.29, 1.82) is 0 Å². The summed E-state index contributed by atoms with van der Waals surface area (Å²) < 4.78 is 5.53. The predicted molar refractivity (Wildman–Crippen MR) is 78.0 cm³/mol. The van der Waals surface area contributed by atoms with Gasteiger partial charge in [-0.15, -0.1) is 0 Å². The average molecular weight is 258 g/mol. The predicted octanol–water partition coefficient (Wildman–Crippen LogP) is 3.96. The molecule has 2 aromatic rings. The number of hydrogen-bond donors (Lipinski definition) is 1. The topological polar surface area (TPSA) is 38.1 Å². The van der Waals surface area contributed by atoms with Crippen LogP contribution in [0.1, 0.15) is 44.4 Å². The molecule has 0 saturated heterocycles. The summed E-state index contributed by atoms with van der Waals surface area (Å²) in [6.07, 6.45) is 2.64. The fraction of sp³-hybridized carbons (Fsp3) is 0.438. The van der Waals surface area contributed by atoms with Crippen molar-refractivity contribution in [2.45, 2.75) is 39.7 Å². The molecule has 1 aromatic heterocycles. The Hall–Kier alpha value is -1.61. The van der Waals surface area contributed by atoms with Crippen LogP contribution in [0.5, 0.6) is 0 Å². The lowest BCUT2D eigenvalue weighted by atomic mass is 10.0. The molecule has 0 amide bonds. The lowest BCUT2D eigenvalue weighted by Crippen LogP contribution is -2.14. The van der Waals surface area contributed by atoms with Gasteiger partial charge in [0.15, 0.2) is 12.2 Å². The summed E-state index contributed by atoms with van der Waals surface area (Å²) in [5.41, 5.74) is 3.41. The lowest BCUT2D eigenvalue weighted by Gasteiger charge is -2.07. The summed E-state index contributed by atoms with van der Waals surface area (Å²) >= 11 is 0. The van der Waals surface area contributed by atoms with E-state index in [0.29, 0.717) is 5.92 Å². The number of benzene rings is 1. The Morgan fingerprint density at radius 1 is 1.21 bits per heavy atom. The van der Waals surface area contributed by atoms with Crippen LogP contribution in [0.25, 0.3) is 11.3 Å². The van der Waals surface area contributed by atoms with Crippen LogP contribution in [-0.2, 0) is 6.54 Å². The Morgan fingerprint density at radius 3 is 2.58 bits per heavy atom. The van der Waals surface area contributed by atoms with Crippen molar-refractivity contribution in [2.75, 3.05) is 6.54 Å². The molecule has 0 aliphatic carbocycles. The second kappa shape index (κ2) is 6.53. The highest BCUT2D eigenvalue weighted by atomic mass is 16.3. The fourth-order valence-corrected chi connectivity index (χ4v) is 2.03. The quantitative estimate of drug-likeness (QED) is 0.797. The van der Waals surface area contributed by atoms with E-state index < -0.39 is 0 Å². The first kappa shape index (κ1) is 13.8. The smallest absolute Gasteiger partial charge is 0.181 e. The van der Waals surface area contributed by atoms with Crippen LogP contribution in [0.2, 0.25) is 0 Å². The zero-order valence-electron chi connectivity index (χ0n) is 11.9. The third-order valence-electron chi connectivity index (χ3n) is 3.20. The highest BCUT2D eigenvalue weighted by molar-refractivity contribution is 5.60. The Bertz CT molecular complexity index is 500. The van der Waals surface area contributed by atoms with Crippen LogP contribution in [0.4, 0.5) is 0 Å². The molecule has 19 heavy (non-hydrogen) atoms. The summed E-state index contributed by atoms with van der Waals surface area (Å²) in [6, 6.07) is 8.54. The van der Waals surface area contributed by atoms with E-state index in [4.69, 9.17) is 4.42 Å². The molecule has 0 aliphatic rings. The van der Waals surface area contributed by atoms with E-state index in [2.05, 4.69) is 55.3 Å². The Labute approximate surface area is 115 Å². The normalized spacial score (nSPS) is 11.2. The molecule has 3 heteroatoms. The van der Waals surface area contributed by atoms with Crippen LogP contribution in [0, 0.1) is 0 Å². The van der Waals surface area contributed by atoms with Crippen molar-refractivity contribution in [2.24, 2.45) is 0 Å². The van der Waals surface area contributed by atoms with Gasteiger partial charge in [-0.3, -0.25) is 0 Å². The summed E-state index contributed by atoms with van der Waals surface area (Å²) in [7, 11) is 0. The minimum absolute atomic E-state index is 0.550. The van der Waals surface area contributed by atoms with Gasteiger partial charge < -0.3 is 9.73 Å². The monoisotopic (exact) mass is 258 g/mol. The maximum atomic E-state index is 5.53. The number of oxazole rings is 1. The largest absolute Gasteiger partial charge is 0.443 e. The van der Waals surface area contributed by atoms with Crippen molar-refractivity contribution in [1.82, 2.24) is 10.3 Å². The highest BCUT2D eigenvalue weighted by Gasteiger charge is 2.10. The molecule has 0 unspecified atom stereocenters. The van der Waals surface area contributed by atoms with Crippen molar-refractivity contribution in [3.63, 3.8) is 0 Å². The molecule has 0 saturated carbocycles. The SMILES string of the molecule is CCCNCc1ncoc1-c1ccc(C(C)C)cc1. The molecule has 0 spiro atoms. The first-order valence-corrected chi connectivity index (χ1v) is 6.95. The van der Waals surface area contributed by atoms with E-state index in [-0.39, 0.29) is 0 Å². The molecular formula is C16H22N2O. The highest BCUT2D eigenvalue weighted by Crippen LogP contribution is 2.25. The molecule has 0 bridgehead atoms. The zero-order chi connectivity index (χ0) is 13.7. The van der Waals surface area contributed by atoms with Crippen LogP contribution >= 0.6 is 0 Å². The van der Waals surface area contributed by atoms with Gasteiger partial charge in [-0.1, -0.05) is 45.0 Å². The molecule has 2 rings (SSSR count). The summed E-state index contributed by atoms with van der Waals surface area (Å²) in [5, 5.41) is 3.35. The molecular weight excluding hydrogens is 236 g/mol. The van der Waals surface area contributed by atoms with Crippen LogP contribution in [-0.4, -0.2) is 11.5 Å². The van der Waals surface area contributed by atoms with Crippen LogP contribution in [0.3, 0.4) is 0 Å². The number of nitrogens with one attached hydrogen (secondary N) is 1. The minimum atomic E-state index is 0.550. The number of nitrogens with zero attached hydrogens (tertiary/aromatic N) is 1. The molecule has 102 valence electrons. The summed E-state index contributed by atoms with van der Waals surface area (Å²) in [4.78, 5) is 4.29. The fourth-order valence-electron chi connectivity index (χ4n) is 2.03. The average Bonchev–Trinajstić information content (AvgIpc) is 2.87. The molecule has 0 atom stereocenters. The van der Waals surface area contributed by atoms with Gasteiger partial charge in [-0.25, -0.2) is 4.98 Å². The second-order valence-electron chi connectivity index (χ2n) is 5.08. The van der Waals surface area contributed by atoms with E-state index in [1.54, 1.807) is 0 Å². The Balaban J connectivity index is 2.15. The Kier molecular flexibility index (Phi) is 4.74. The molecule has 3 nitrogen and oxygen atoms in total. The van der Waals surface area contributed by atoms with Crippen LogP contribution in [0.15, 0.2) is 35.1 Å². The van der Waals surface area contributed by atoms with Crippen molar-refractivity contribution in [3.05, 3.63) is 41.9 Å². The summed E-state index contributed by atoms with van der Waals surface area (Å²) in [6.45, 7) is 8.30. The second-order valence-corrected chi connectivity index (χ2v) is 5.08. The van der Waals surface area contributed by atoms with Gasteiger partial charge in [0.25, 0.3) is 0 Å². The molecule has 1 heterocycles. The number of hydrogen-bond acceptors (Lipinski definition) is 3. The van der Waals surface area contributed by atoms with Crippen molar-refractivity contribution in [3.8, 4) is 11.3 Å². The lowest BCUT2D eigenvalue weighted by molar-refractivity contribution is 0.569. The van der Waals surface area contributed by atoms with E-state index in [1.807, 2.05) is 0 Å². The van der Waals surface area contributed by atoms with Gasteiger partial charge in [0.2, 0.25) is 0 Å². The minimum Gasteiger partial charge on any atom is -0.443 e. The van der Waals surface area contributed by atoms with Gasteiger partial charge >= 0.3 is 0 Å². The molecule has 0 radical (unpaired) electrons. The molecule has 0 aliphatic heterocycles. The summed E-state index contributed by atoms with van der Waals surface area (Å²) in [5.74, 6) is 1.42. The number of aromatic nitrogens is 1. The third kappa shape index (κ3) is 3.44. The van der Waals surface area contributed by atoms with Gasteiger partial charge in [-0.05, 0) is 24.4 Å². The first-order chi connectivity index (χ1) is 9.22. The van der Waals surface area contributed by atoms with Gasteiger partial charge in [0, 0.05) is 12.1 Å².